The third-order valence-corrected chi connectivity index (χ3v) is 5.47. The number of nitrogens with one attached hydrogen (secondary N) is 3. The number of hydrogen-bond acceptors (Lipinski definition) is 4. The van der Waals surface area contributed by atoms with Crippen LogP contribution in [-0.4, -0.2) is 28.3 Å². The van der Waals surface area contributed by atoms with E-state index in [1.54, 1.807) is 7.05 Å². The van der Waals surface area contributed by atoms with Crippen LogP contribution in [0.25, 0.3) is 54.9 Å². The van der Waals surface area contributed by atoms with E-state index in [1.807, 2.05) is 24.4 Å². The molecule has 2 heterocycles. The Morgan fingerprint density at radius 3 is 2.26 bits per heavy atom. The molecular weight excluding hydrogens is 386 g/mol. The molecule has 0 saturated carbocycles. The molecule has 6 aromatic rings. The van der Waals surface area contributed by atoms with Gasteiger partial charge in [-0.05, 0) is 23.9 Å². The maximum absolute atomic E-state index is 11.1. The van der Waals surface area contributed by atoms with Crippen LogP contribution in [0.15, 0.2) is 72.9 Å². The molecule has 5 N–H and O–H groups in total. The van der Waals surface area contributed by atoms with Gasteiger partial charge >= 0.3 is 0 Å². The normalized spacial score (nSPS) is 11.2. The molecule has 6 heteroatoms. The number of nitrogens with two attached hydrogens (primary N) is 1. The highest BCUT2D eigenvalue weighted by Crippen LogP contribution is 2.36. The summed E-state index contributed by atoms with van der Waals surface area (Å²) in [5, 5.41) is 5.77. The molecule has 0 amide bonds. The Kier molecular flexibility index (Phi) is 4.71. The number of fused-ring (bicyclic) bond motifs is 7. The molecule has 6 nitrogen and oxygen atoms in total. The predicted molar refractivity (Wildman–Crippen MR) is 127 cm³/mol. The molecule has 0 aliphatic rings. The fraction of sp³-hybridized carbons (Fsp3) is 0.0400. The van der Waals surface area contributed by atoms with Crippen molar-refractivity contribution in [2.75, 3.05) is 7.05 Å². The Bertz CT molecular complexity index is 1490. The van der Waals surface area contributed by atoms with Gasteiger partial charge in [-0.1, -0.05) is 60.7 Å². The third kappa shape index (κ3) is 3.06. The SMILES string of the molecule is CNN.O=Cc1ccc2c(-c3nc4c5ccccc5c5ccccc5c4[nH]3)c[nH]c2c1. The molecule has 31 heavy (non-hydrogen) atoms. The maximum atomic E-state index is 11.1. The Labute approximate surface area is 178 Å². The summed E-state index contributed by atoms with van der Waals surface area (Å²) in [7, 11) is 1.65. The van der Waals surface area contributed by atoms with Gasteiger partial charge in [0.05, 0.1) is 11.0 Å². The number of benzene rings is 4. The van der Waals surface area contributed by atoms with E-state index in [0.29, 0.717) is 5.56 Å². The van der Waals surface area contributed by atoms with Crippen molar-refractivity contribution in [1.82, 2.24) is 20.4 Å². The van der Waals surface area contributed by atoms with E-state index >= 15 is 0 Å². The Morgan fingerprint density at radius 1 is 0.903 bits per heavy atom. The summed E-state index contributed by atoms with van der Waals surface area (Å²) in [6.07, 6.45) is 2.81. The summed E-state index contributed by atoms with van der Waals surface area (Å²) in [6.45, 7) is 0. The molecule has 0 unspecified atom stereocenters. The van der Waals surface area contributed by atoms with E-state index < -0.39 is 0 Å². The number of rotatable bonds is 2. The zero-order chi connectivity index (χ0) is 21.4. The van der Waals surface area contributed by atoms with Crippen molar-refractivity contribution < 1.29 is 4.79 Å². The van der Waals surface area contributed by atoms with E-state index in [2.05, 4.69) is 69.8 Å². The third-order valence-electron chi connectivity index (χ3n) is 5.47. The first-order chi connectivity index (χ1) is 15.2. The van der Waals surface area contributed by atoms with E-state index in [1.165, 1.54) is 10.8 Å². The summed E-state index contributed by atoms with van der Waals surface area (Å²) < 4.78 is 0. The summed E-state index contributed by atoms with van der Waals surface area (Å²) in [6, 6.07) is 22.5. The van der Waals surface area contributed by atoms with Gasteiger partial charge < -0.3 is 9.97 Å². The number of aromatic nitrogens is 3. The Balaban J connectivity index is 0.000000646. The van der Waals surface area contributed by atoms with Crippen molar-refractivity contribution in [2.24, 2.45) is 5.84 Å². The lowest BCUT2D eigenvalue weighted by atomic mass is 10.0. The van der Waals surface area contributed by atoms with Gasteiger partial charge in [0.15, 0.2) is 0 Å². The second-order valence-corrected chi connectivity index (χ2v) is 7.31. The van der Waals surface area contributed by atoms with E-state index in [4.69, 9.17) is 4.98 Å². The van der Waals surface area contributed by atoms with Gasteiger partial charge in [0.2, 0.25) is 0 Å². The van der Waals surface area contributed by atoms with Gasteiger partial charge in [0, 0.05) is 39.0 Å². The standard InChI is InChI=1S/C24H15N3O.CH6N2/c28-13-14-9-10-17-20(12-25-21(17)11-14)24-26-22-18-7-3-1-5-15(18)16-6-2-4-8-19(16)23(22)27-24;1-3-2/h1-13,25H,(H,26,27);3H,2H2,1H3. The topological polar surface area (TPSA) is 99.6 Å². The molecule has 0 atom stereocenters. The number of hydrazine groups is 1. The number of imidazole rings is 1. The minimum atomic E-state index is 0.655. The van der Waals surface area contributed by atoms with Crippen molar-refractivity contribution in [1.29, 1.82) is 0 Å². The number of carbonyl (C=O) groups excluding carboxylic acids is 1. The van der Waals surface area contributed by atoms with Crippen LogP contribution in [0.4, 0.5) is 0 Å². The summed E-state index contributed by atoms with van der Waals surface area (Å²) >= 11 is 0. The van der Waals surface area contributed by atoms with Gasteiger partial charge in [-0.2, -0.15) is 0 Å². The molecule has 152 valence electrons. The second-order valence-electron chi connectivity index (χ2n) is 7.31. The van der Waals surface area contributed by atoms with Crippen molar-refractivity contribution in [2.45, 2.75) is 0 Å². The number of aromatic amines is 2. The molecule has 0 aliphatic heterocycles. The van der Waals surface area contributed by atoms with Crippen LogP contribution >= 0.6 is 0 Å². The maximum Gasteiger partial charge on any atom is 0.150 e. The quantitative estimate of drug-likeness (QED) is 0.142. The van der Waals surface area contributed by atoms with E-state index in [0.717, 1.165) is 50.4 Å². The number of H-pyrrole nitrogens is 2. The zero-order valence-corrected chi connectivity index (χ0v) is 16.9. The largest absolute Gasteiger partial charge is 0.360 e. The van der Waals surface area contributed by atoms with Crippen LogP contribution in [0.1, 0.15) is 10.4 Å². The van der Waals surface area contributed by atoms with Crippen molar-refractivity contribution in [3.63, 3.8) is 0 Å². The Morgan fingerprint density at radius 2 is 1.55 bits per heavy atom. The predicted octanol–water partition coefficient (Wildman–Crippen LogP) is 4.91. The lowest BCUT2D eigenvalue weighted by Crippen LogP contribution is -2.13. The smallest absolute Gasteiger partial charge is 0.150 e. The molecule has 0 fully saturated rings. The van der Waals surface area contributed by atoms with Gasteiger partial charge in [-0.15, -0.1) is 0 Å². The van der Waals surface area contributed by atoms with Crippen molar-refractivity contribution in [3.05, 3.63) is 78.5 Å². The fourth-order valence-corrected chi connectivity index (χ4v) is 4.16. The monoisotopic (exact) mass is 407 g/mol. The minimum Gasteiger partial charge on any atom is -0.360 e. The highest BCUT2D eigenvalue weighted by Gasteiger charge is 2.15. The molecule has 0 aliphatic carbocycles. The van der Waals surface area contributed by atoms with Crippen LogP contribution in [0.5, 0.6) is 0 Å². The van der Waals surface area contributed by atoms with Crippen LogP contribution in [0.3, 0.4) is 0 Å². The van der Waals surface area contributed by atoms with Crippen molar-refractivity contribution >= 4 is 49.8 Å². The molecule has 0 spiro atoms. The molecule has 0 bridgehead atoms. The summed E-state index contributed by atoms with van der Waals surface area (Å²) in [5.41, 5.74) is 6.85. The second kappa shape index (κ2) is 7.68. The average Bonchev–Trinajstić information content (AvgIpc) is 3.44. The molecule has 2 aromatic heterocycles. The molecule has 0 radical (unpaired) electrons. The molecule has 4 aromatic carbocycles. The number of aldehydes is 1. The van der Waals surface area contributed by atoms with Gasteiger partial charge in [0.1, 0.15) is 12.1 Å². The van der Waals surface area contributed by atoms with Crippen LogP contribution in [0, 0.1) is 0 Å². The van der Waals surface area contributed by atoms with Gasteiger partial charge in [-0.25, -0.2) is 4.98 Å². The van der Waals surface area contributed by atoms with E-state index in [9.17, 15) is 4.79 Å². The summed E-state index contributed by atoms with van der Waals surface area (Å²) in [4.78, 5) is 22.9. The first-order valence-electron chi connectivity index (χ1n) is 9.98. The number of carbonyl (C=O) groups is 1. The van der Waals surface area contributed by atoms with Gasteiger partial charge in [-0.3, -0.25) is 16.1 Å². The number of hydrogen-bond donors (Lipinski definition) is 4. The zero-order valence-electron chi connectivity index (χ0n) is 16.9. The number of nitrogens with zero attached hydrogens (tertiary/aromatic N) is 1. The van der Waals surface area contributed by atoms with Crippen LogP contribution < -0.4 is 11.3 Å². The molecule has 0 saturated heterocycles. The van der Waals surface area contributed by atoms with Gasteiger partial charge in [0.25, 0.3) is 0 Å². The van der Waals surface area contributed by atoms with Crippen LogP contribution in [-0.2, 0) is 0 Å². The first kappa shape index (κ1) is 19.0. The van der Waals surface area contributed by atoms with Crippen LogP contribution in [0.2, 0.25) is 0 Å². The lowest BCUT2D eigenvalue weighted by Gasteiger charge is -2.05. The lowest BCUT2D eigenvalue weighted by molar-refractivity contribution is 0.112. The minimum absolute atomic E-state index is 0.655. The van der Waals surface area contributed by atoms with Crippen molar-refractivity contribution in [3.8, 4) is 11.4 Å². The van der Waals surface area contributed by atoms with E-state index in [-0.39, 0.29) is 0 Å². The molecular formula is C25H21N5O. The highest BCUT2D eigenvalue weighted by atomic mass is 16.1. The first-order valence-corrected chi connectivity index (χ1v) is 9.98. The fourth-order valence-electron chi connectivity index (χ4n) is 4.16. The summed E-state index contributed by atoms with van der Waals surface area (Å²) in [5.74, 6) is 5.42. The average molecular weight is 407 g/mol. The highest BCUT2D eigenvalue weighted by molar-refractivity contribution is 6.23. The molecule has 6 rings (SSSR count). The Hall–Kier alpha value is -4.00.